The molecule has 1 fully saturated rings. The van der Waals surface area contributed by atoms with Gasteiger partial charge in [0.1, 0.15) is 5.82 Å². The molecule has 2 aromatic carbocycles. The van der Waals surface area contributed by atoms with Gasteiger partial charge in [0.05, 0.1) is 23.4 Å². The van der Waals surface area contributed by atoms with Crippen LogP contribution in [0.2, 0.25) is 0 Å². The minimum Gasteiger partial charge on any atom is -0.459 e. The molecular weight excluding hydrogens is 441 g/mol. The average molecular weight is 468 g/mol. The van der Waals surface area contributed by atoms with E-state index in [-0.39, 0.29) is 24.0 Å². The summed E-state index contributed by atoms with van der Waals surface area (Å²) in [6.45, 7) is 6.30. The Kier molecular flexibility index (Phi) is 6.83. The number of amidine groups is 1. The number of esters is 1. The molecule has 1 amide bonds. The number of allylic oxidation sites excluding steroid dienone is 1. The number of carbonyl (C=O) groups excluding carboxylic acids is 2. The van der Waals surface area contributed by atoms with Gasteiger partial charge in [-0.25, -0.2) is 14.2 Å². The number of carbonyl (C=O) groups is 2. The molecule has 0 radical (unpaired) electrons. The topological polar surface area (TPSA) is 71.0 Å². The van der Waals surface area contributed by atoms with E-state index in [2.05, 4.69) is 15.2 Å². The molecule has 2 aromatic rings. The van der Waals surface area contributed by atoms with Crippen molar-refractivity contribution in [2.75, 3.05) is 17.6 Å². The number of thioether (sulfide) groups is 1. The molecule has 0 spiro atoms. The number of halogens is 1. The summed E-state index contributed by atoms with van der Waals surface area (Å²) in [7, 11) is 0. The lowest BCUT2D eigenvalue weighted by Crippen LogP contribution is -2.42. The molecule has 1 atom stereocenters. The van der Waals surface area contributed by atoms with Crippen LogP contribution in [0.3, 0.4) is 0 Å². The first kappa shape index (κ1) is 23.0. The zero-order valence-electron chi connectivity index (χ0n) is 18.8. The molecule has 33 heavy (non-hydrogen) atoms. The maximum atomic E-state index is 13.1. The number of anilines is 1. The van der Waals surface area contributed by atoms with Crippen molar-refractivity contribution in [3.63, 3.8) is 0 Å². The highest BCUT2D eigenvalue weighted by molar-refractivity contribution is 8.13. The molecule has 8 heteroatoms. The van der Waals surface area contributed by atoms with Gasteiger partial charge in [0.15, 0.2) is 5.17 Å². The fraction of sp³-hybridized carbons (Fsp3) is 0.320. The van der Waals surface area contributed by atoms with E-state index in [9.17, 15) is 14.0 Å². The van der Waals surface area contributed by atoms with Crippen molar-refractivity contribution in [3.8, 4) is 0 Å². The van der Waals surface area contributed by atoms with E-state index in [1.54, 1.807) is 23.9 Å². The van der Waals surface area contributed by atoms with E-state index < -0.39 is 5.82 Å². The first-order chi connectivity index (χ1) is 15.8. The van der Waals surface area contributed by atoms with Crippen molar-refractivity contribution in [1.29, 1.82) is 0 Å². The number of ether oxygens (including phenoxy) is 1. The quantitative estimate of drug-likeness (QED) is 0.616. The molecule has 6 nitrogen and oxygen atoms in total. The summed E-state index contributed by atoms with van der Waals surface area (Å²) in [6.07, 6.45) is 0.765. The Morgan fingerprint density at radius 1 is 1.15 bits per heavy atom. The lowest BCUT2D eigenvalue weighted by atomic mass is 9.94. The summed E-state index contributed by atoms with van der Waals surface area (Å²) < 4.78 is 18.7. The Morgan fingerprint density at radius 3 is 2.52 bits per heavy atom. The predicted octanol–water partition coefficient (Wildman–Crippen LogP) is 5.15. The Morgan fingerprint density at radius 2 is 1.85 bits per heavy atom. The van der Waals surface area contributed by atoms with Crippen molar-refractivity contribution >= 4 is 34.5 Å². The molecule has 0 aromatic heterocycles. The number of amides is 1. The van der Waals surface area contributed by atoms with E-state index in [0.717, 1.165) is 29.4 Å². The fourth-order valence-corrected chi connectivity index (χ4v) is 4.93. The first-order valence-electron chi connectivity index (χ1n) is 10.9. The zero-order valence-corrected chi connectivity index (χ0v) is 19.6. The molecule has 172 valence electrons. The van der Waals surface area contributed by atoms with Gasteiger partial charge in [0, 0.05) is 23.5 Å². The number of hydrogen-bond donors (Lipinski definition) is 1. The van der Waals surface area contributed by atoms with E-state index >= 15 is 0 Å². The van der Waals surface area contributed by atoms with Crippen LogP contribution in [0.4, 0.5) is 10.1 Å². The van der Waals surface area contributed by atoms with Crippen LogP contribution in [-0.2, 0) is 9.53 Å². The largest absolute Gasteiger partial charge is 0.459 e. The van der Waals surface area contributed by atoms with Gasteiger partial charge < -0.3 is 15.0 Å². The fourth-order valence-electron chi connectivity index (χ4n) is 3.91. The lowest BCUT2D eigenvalue weighted by molar-refractivity contribution is -0.143. The Balaban J connectivity index is 1.61. The van der Waals surface area contributed by atoms with E-state index in [1.165, 1.54) is 24.3 Å². The van der Waals surface area contributed by atoms with Crippen LogP contribution in [0.5, 0.6) is 0 Å². The number of rotatable bonds is 5. The standard InChI is InChI=1S/C25H26FN3O3S/c1-15(2)32-24(31)21-16(3)27-25-29(13-4-14-33-25)22(21)17-7-11-20(12-8-17)28-23(30)18-5-9-19(26)10-6-18/h5-12,15,22H,4,13-14H2,1-3H3,(H,28,30). The molecule has 1 N–H and O–H groups in total. The minimum atomic E-state index is -0.391. The van der Waals surface area contributed by atoms with Crippen LogP contribution in [-0.4, -0.2) is 40.3 Å². The van der Waals surface area contributed by atoms with Crippen molar-refractivity contribution in [2.45, 2.75) is 39.3 Å². The number of fused-ring (bicyclic) bond motifs is 1. The number of benzene rings is 2. The summed E-state index contributed by atoms with van der Waals surface area (Å²) >= 11 is 1.69. The molecule has 0 bridgehead atoms. The SMILES string of the molecule is CC1=C(C(=O)OC(C)C)C(c2ccc(NC(=O)c3ccc(F)cc3)cc2)N2CCCSC2=N1. The van der Waals surface area contributed by atoms with Gasteiger partial charge in [-0.2, -0.15) is 0 Å². The van der Waals surface area contributed by atoms with Gasteiger partial charge in [-0.3, -0.25) is 4.79 Å². The van der Waals surface area contributed by atoms with Gasteiger partial charge in [0.2, 0.25) is 0 Å². The third kappa shape index (κ3) is 5.11. The second-order valence-electron chi connectivity index (χ2n) is 8.23. The summed E-state index contributed by atoms with van der Waals surface area (Å²) in [5.41, 5.74) is 3.10. The molecule has 2 aliphatic rings. The zero-order chi connectivity index (χ0) is 23.5. The maximum absolute atomic E-state index is 13.1. The molecule has 1 unspecified atom stereocenters. The number of aliphatic imine (C=N–C) groups is 1. The maximum Gasteiger partial charge on any atom is 0.338 e. The third-order valence-electron chi connectivity index (χ3n) is 5.41. The molecule has 0 saturated carbocycles. The number of nitrogens with zero attached hydrogens (tertiary/aromatic N) is 2. The van der Waals surface area contributed by atoms with Crippen LogP contribution in [0.25, 0.3) is 0 Å². The molecule has 0 aliphatic carbocycles. The van der Waals surface area contributed by atoms with Crippen molar-refractivity contribution < 1.29 is 18.7 Å². The van der Waals surface area contributed by atoms with Crippen LogP contribution in [0, 0.1) is 5.82 Å². The summed E-state index contributed by atoms with van der Waals surface area (Å²) in [5, 5.41) is 3.74. The highest BCUT2D eigenvalue weighted by Gasteiger charge is 2.38. The van der Waals surface area contributed by atoms with E-state index in [0.29, 0.717) is 22.5 Å². The average Bonchev–Trinajstić information content (AvgIpc) is 2.78. The number of nitrogens with one attached hydrogen (secondary N) is 1. The lowest BCUT2D eigenvalue weighted by Gasteiger charge is -2.40. The molecular formula is C25H26FN3O3S. The van der Waals surface area contributed by atoms with Crippen LogP contribution >= 0.6 is 11.8 Å². The van der Waals surface area contributed by atoms with E-state index in [1.807, 2.05) is 32.9 Å². The molecule has 1 saturated heterocycles. The van der Waals surface area contributed by atoms with Gasteiger partial charge in [0.25, 0.3) is 5.91 Å². The highest BCUT2D eigenvalue weighted by Crippen LogP contribution is 2.40. The van der Waals surface area contributed by atoms with Crippen LogP contribution < -0.4 is 5.32 Å². The summed E-state index contributed by atoms with van der Waals surface area (Å²) in [6, 6.07) is 12.5. The second-order valence-corrected chi connectivity index (χ2v) is 9.29. The molecule has 2 heterocycles. The van der Waals surface area contributed by atoms with Crippen molar-refractivity contribution in [1.82, 2.24) is 4.90 Å². The molecule has 2 aliphatic heterocycles. The highest BCUT2D eigenvalue weighted by atomic mass is 32.2. The predicted molar refractivity (Wildman–Crippen MR) is 129 cm³/mol. The summed E-state index contributed by atoms with van der Waals surface area (Å²) in [4.78, 5) is 32.3. The Bertz CT molecular complexity index is 1110. The minimum absolute atomic E-state index is 0.233. The Hall–Kier alpha value is -3.13. The van der Waals surface area contributed by atoms with Gasteiger partial charge in [-0.05, 0) is 69.2 Å². The van der Waals surface area contributed by atoms with Crippen molar-refractivity contribution in [3.05, 3.63) is 76.7 Å². The third-order valence-corrected chi connectivity index (χ3v) is 6.49. The van der Waals surface area contributed by atoms with Crippen LogP contribution in [0.1, 0.15) is 49.2 Å². The normalized spacial score (nSPS) is 18.0. The van der Waals surface area contributed by atoms with Crippen LogP contribution in [0.15, 0.2) is 64.8 Å². The van der Waals surface area contributed by atoms with Gasteiger partial charge in [-0.15, -0.1) is 0 Å². The smallest absolute Gasteiger partial charge is 0.338 e. The second kappa shape index (κ2) is 9.79. The van der Waals surface area contributed by atoms with Gasteiger partial charge >= 0.3 is 5.97 Å². The van der Waals surface area contributed by atoms with E-state index in [4.69, 9.17) is 4.74 Å². The summed E-state index contributed by atoms with van der Waals surface area (Å²) in [5.74, 6) is -0.0776. The molecule has 4 rings (SSSR count). The number of hydrogen-bond acceptors (Lipinski definition) is 6. The Labute approximate surface area is 196 Å². The van der Waals surface area contributed by atoms with Crippen molar-refractivity contribution in [2.24, 2.45) is 4.99 Å². The monoisotopic (exact) mass is 467 g/mol. The van der Waals surface area contributed by atoms with Gasteiger partial charge in [-0.1, -0.05) is 23.9 Å². The first-order valence-corrected chi connectivity index (χ1v) is 11.9.